The molecule has 1 atom stereocenters. The van der Waals surface area contributed by atoms with Gasteiger partial charge in [0, 0.05) is 31.4 Å². The fraction of sp³-hybridized carbons (Fsp3) is 0.444. The van der Waals surface area contributed by atoms with Crippen LogP contribution in [0.25, 0.3) is 0 Å². The van der Waals surface area contributed by atoms with E-state index in [1.165, 1.54) is 6.07 Å². The zero-order valence-corrected chi connectivity index (χ0v) is 14.9. The summed E-state index contributed by atoms with van der Waals surface area (Å²) in [6.45, 7) is 0. The van der Waals surface area contributed by atoms with Gasteiger partial charge in [0.25, 0.3) is 0 Å². The van der Waals surface area contributed by atoms with Crippen molar-refractivity contribution in [1.82, 2.24) is 14.3 Å². The molecular formula is C18H21N3O3S. The van der Waals surface area contributed by atoms with E-state index in [9.17, 15) is 13.2 Å². The molecule has 2 aliphatic carbocycles. The summed E-state index contributed by atoms with van der Waals surface area (Å²) in [5, 5.41) is 0. The highest BCUT2D eigenvalue weighted by atomic mass is 32.2. The van der Waals surface area contributed by atoms with Crippen molar-refractivity contribution in [2.75, 3.05) is 0 Å². The Labute approximate surface area is 147 Å². The number of nitrogens with zero attached hydrogens (tertiary/aromatic N) is 2. The van der Waals surface area contributed by atoms with Crippen molar-refractivity contribution in [2.45, 2.75) is 43.0 Å². The van der Waals surface area contributed by atoms with Gasteiger partial charge < -0.3 is 4.57 Å². The van der Waals surface area contributed by atoms with Gasteiger partial charge in [-0.15, -0.1) is 0 Å². The fourth-order valence-corrected chi connectivity index (χ4v) is 4.80. The molecule has 25 heavy (non-hydrogen) atoms. The summed E-state index contributed by atoms with van der Waals surface area (Å²) in [6, 6.07) is 4.52. The van der Waals surface area contributed by atoms with Gasteiger partial charge in [0.1, 0.15) is 5.82 Å². The number of Topliss-reactive ketones (excluding diaryl/α,β-unsaturated/α-hetero) is 1. The lowest BCUT2D eigenvalue weighted by Gasteiger charge is -2.20. The van der Waals surface area contributed by atoms with E-state index in [4.69, 9.17) is 0 Å². The van der Waals surface area contributed by atoms with Crippen LogP contribution in [0.5, 0.6) is 0 Å². The molecule has 1 saturated carbocycles. The number of aryl methyl sites for hydroxylation is 2. The second-order valence-corrected chi connectivity index (χ2v) is 8.64. The summed E-state index contributed by atoms with van der Waals surface area (Å²) in [7, 11) is -1.80. The maximum atomic E-state index is 12.9. The standard InChI is InChI=1S/C18H21N3O3S/c1-21-10-9-19-18(21)17(12-5-6-12)20-25(23,24)14-7-8-15-13(11-14)3-2-4-16(15)22/h7-12,17,20H,2-6H2,1H3. The van der Waals surface area contributed by atoms with Gasteiger partial charge >= 0.3 is 0 Å². The third-order valence-electron chi connectivity index (χ3n) is 5.05. The van der Waals surface area contributed by atoms with Crippen LogP contribution >= 0.6 is 0 Å². The van der Waals surface area contributed by atoms with Crippen molar-refractivity contribution < 1.29 is 13.2 Å². The van der Waals surface area contributed by atoms with E-state index in [1.807, 2.05) is 17.8 Å². The van der Waals surface area contributed by atoms with Crippen LogP contribution in [0.2, 0.25) is 0 Å². The quantitative estimate of drug-likeness (QED) is 0.889. The first kappa shape index (κ1) is 16.5. The first-order chi connectivity index (χ1) is 12.0. The molecule has 0 amide bonds. The fourth-order valence-electron chi connectivity index (χ4n) is 3.49. The lowest BCUT2D eigenvalue weighted by molar-refractivity contribution is 0.0972. The van der Waals surface area contributed by atoms with Crippen LogP contribution in [-0.4, -0.2) is 23.8 Å². The van der Waals surface area contributed by atoms with E-state index in [2.05, 4.69) is 9.71 Å². The Kier molecular flexibility index (Phi) is 4.00. The number of fused-ring (bicyclic) bond motifs is 1. The minimum Gasteiger partial charge on any atom is -0.337 e. The van der Waals surface area contributed by atoms with Crippen LogP contribution in [0.3, 0.4) is 0 Å². The van der Waals surface area contributed by atoms with Crippen LogP contribution in [-0.2, 0) is 23.5 Å². The Morgan fingerprint density at radius 1 is 1.28 bits per heavy atom. The molecule has 132 valence electrons. The number of rotatable bonds is 5. The van der Waals surface area contributed by atoms with E-state index in [1.54, 1.807) is 18.3 Å². The highest BCUT2D eigenvalue weighted by Crippen LogP contribution is 2.41. The summed E-state index contributed by atoms with van der Waals surface area (Å²) in [4.78, 5) is 16.5. The molecule has 7 heteroatoms. The SMILES string of the molecule is Cn1ccnc1C(NS(=O)(=O)c1ccc2c(c1)CCCC2=O)C1CC1. The Hall–Kier alpha value is -1.99. The lowest BCUT2D eigenvalue weighted by atomic mass is 9.91. The Morgan fingerprint density at radius 2 is 2.08 bits per heavy atom. The van der Waals surface area contributed by atoms with Crippen LogP contribution in [0.4, 0.5) is 0 Å². The van der Waals surface area contributed by atoms with Crippen molar-refractivity contribution in [3.63, 3.8) is 0 Å². The number of hydrogen-bond acceptors (Lipinski definition) is 4. The molecule has 2 aliphatic rings. The van der Waals surface area contributed by atoms with E-state index in [0.717, 1.165) is 37.1 Å². The number of benzene rings is 1. The minimum atomic E-state index is -3.67. The molecule has 1 N–H and O–H groups in total. The molecule has 0 spiro atoms. The first-order valence-corrected chi connectivity index (χ1v) is 10.1. The van der Waals surface area contributed by atoms with Gasteiger partial charge in [0.05, 0.1) is 10.9 Å². The molecule has 1 aromatic carbocycles. The Bertz CT molecular complexity index is 929. The molecule has 4 rings (SSSR count). The number of nitrogens with one attached hydrogen (secondary N) is 1. The van der Waals surface area contributed by atoms with Gasteiger partial charge in [-0.1, -0.05) is 0 Å². The average Bonchev–Trinajstić information content (AvgIpc) is 3.34. The molecule has 0 aliphatic heterocycles. The third kappa shape index (κ3) is 3.14. The van der Waals surface area contributed by atoms with Gasteiger partial charge in [0.15, 0.2) is 5.78 Å². The highest BCUT2D eigenvalue weighted by molar-refractivity contribution is 7.89. The van der Waals surface area contributed by atoms with E-state index in [-0.39, 0.29) is 22.6 Å². The number of aromatic nitrogens is 2. The third-order valence-corrected chi connectivity index (χ3v) is 6.49. The predicted octanol–water partition coefficient (Wildman–Crippen LogP) is 2.37. The largest absolute Gasteiger partial charge is 0.337 e. The summed E-state index contributed by atoms with van der Waals surface area (Å²) < 4.78 is 30.5. The smallest absolute Gasteiger partial charge is 0.241 e. The lowest BCUT2D eigenvalue weighted by Crippen LogP contribution is -2.32. The number of carbonyl (C=O) groups is 1. The predicted molar refractivity (Wildman–Crippen MR) is 92.7 cm³/mol. The molecule has 1 heterocycles. The highest BCUT2D eigenvalue weighted by Gasteiger charge is 2.37. The second-order valence-electron chi connectivity index (χ2n) is 6.93. The molecule has 0 saturated heterocycles. The van der Waals surface area contributed by atoms with Gasteiger partial charge in [-0.05, 0) is 55.4 Å². The molecule has 2 aromatic rings. The van der Waals surface area contributed by atoms with E-state index < -0.39 is 10.0 Å². The van der Waals surface area contributed by atoms with Crippen LogP contribution in [0.1, 0.15) is 53.5 Å². The van der Waals surface area contributed by atoms with Gasteiger partial charge in [-0.2, -0.15) is 0 Å². The topological polar surface area (TPSA) is 81.1 Å². The number of ketones is 1. The van der Waals surface area contributed by atoms with Crippen molar-refractivity contribution in [3.8, 4) is 0 Å². The molecule has 0 bridgehead atoms. The molecule has 1 unspecified atom stereocenters. The van der Waals surface area contributed by atoms with Crippen molar-refractivity contribution in [3.05, 3.63) is 47.5 Å². The van der Waals surface area contributed by atoms with Crippen LogP contribution in [0.15, 0.2) is 35.5 Å². The van der Waals surface area contributed by atoms with Gasteiger partial charge in [0.2, 0.25) is 10.0 Å². The monoisotopic (exact) mass is 359 g/mol. The van der Waals surface area contributed by atoms with Crippen LogP contribution < -0.4 is 4.72 Å². The van der Waals surface area contributed by atoms with Gasteiger partial charge in [-0.25, -0.2) is 18.1 Å². The van der Waals surface area contributed by atoms with Crippen molar-refractivity contribution >= 4 is 15.8 Å². The maximum absolute atomic E-state index is 12.9. The molecule has 1 aromatic heterocycles. The summed E-state index contributed by atoms with van der Waals surface area (Å²) in [6.07, 6.45) is 7.57. The zero-order chi connectivity index (χ0) is 17.6. The van der Waals surface area contributed by atoms with Crippen molar-refractivity contribution in [1.29, 1.82) is 0 Å². The Morgan fingerprint density at radius 3 is 2.76 bits per heavy atom. The average molecular weight is 359 g/mol. The number of imidazole rings is 1. The zero-order valence-electron chi connectivity index (χ0n) is 14.1. The van der Waals surface area contributed by atoms with E-state index >= 15 is 0 Å². The van der Waals surface area contributed by atoms with Crippen LogP contribution in [0, 0.1) is 5.92 Å². The van der Waals surface area contributed by atoms with Gasteiger partial charge in [-0.3, -0.25) is 4.79 Å². The minimum absolute atomic E-state index is 0.0991. The molecular weight excluding hydrogens is 338 g/mol. The summed E-state index contributed by atoms with van der Waals surface area (Å²) in [5.41, 5.74) is 1.49. The Balaban J connectivity index is 1.65. The normalized spacial score (nSPS) is 18.8. The van der Waals surface area contributed by atoms with Crippen molar-refractivity contribution in [2.24, 2.45) is 13.0 Å². The number of hydrogen-bond donors (Lipinski definition) is 1. The molecule has 0 radical (unpaired) electrons. The molecule has 6 nitrogen and oxygen atoms in total. The second kappa shape index (κ2) is 6.07. The van der Waals surface area contributed by atoms with E-state index in [0.29, 0.717) is 12.0 Å². The number of sulfonamides is 1. The maximum Gasteiger partial charge on any atom is 0.241 e. The summed E-state index contributed by atoms with van der Waals surface area (Å²) in [5.74, 6) is 1.12. The number of carbonyl (C=O) groups excluding carboxylic acids is 1. The molecule has 1 fully saturated rings. The summed E-state index contributed by atoms with van der Waals surface area (Å²) >= 11 is 0. The first-order valence-electron chi connectivity index (χ1n) is 8.61.